The Morgan fingerprint density at radius 1 is 0.851 bits per heavy atom. The number of carboxylic acids is 1. The molecule has 1 saturated heterocycles. The average molecular weight is 937 g/mol. The summed E-state index contributed by atoms with van der Waals surface area (Å²) in [6.07, 6.45) is 3.62. The molecule has 17 heteroatoms. The van der Waals surface area contributed by atoms with Crippen LogP contribution in [0.15, 0.2) is 54.6 Å². The summed E-state index contributed by atoms with van der Waals surface area (Å²) >= 11 is 0. The maximum atomic E-state index is 14.6. The van der Waals surface area contributed by atoms with Crippen LogP contribution in [0, 0.1) is 23.7 Å². The molecule has 2 aliphatic heterocycles. The molecule has 0 spiro atoms. The molecule has 1 fully saturated rings. The summed E-state index contributed by atoms with van der Waals surface area (Å²) in [6.45, 7) is 17.5. The van der Waals surface area contributed by atoms with E-state index >= 15 is 0 Å². The maximum Gasteiger partial charge on any atom is 0.326 e. The first kappa shape index (κ1) is 55.9. The van der Waals surface area contributed by atoms with E-state index in [0.717, 1.165) is 11.1 Å². The van der Waals surface area contributed by atoms with Crippen LogP contribution in [-0.2, 0) is 54.3 Å². The lowest BCUT2D eigenvalue weighted by Crippen LogP contribution is -2.60. The van der Waals surface area contributed by atoms with Crippen LogP contribution in [0.4, 0.5) is 0 Å². The molecule has 1 unspecified atom stereocenters. The minimum atomic E-state index is -1.18. The Labute approximate surface area is 397 Å². The van der Waals surface area contributed by atoms with Gasteiger partial charge >= 0.3 is 5.97 Å². The number of rotatable bonds is 27. The van der Waals surface area contributed by atoms with Crippen LogP contribution in [0.5, 0.6) is 0 Å². The van der Waals surface area contributed by atoms with Crippen LogP contribution < -0.4 is 10.6 Å². The molecule has 0 radical (unpaired) electrons. The Balaban J connectivity index is 1.74. The third kappa shape index (κ3) is 15.0. The number of aliphatic carboxylic acids is 1. The summed E-state index contributed by atoms with van der Waals surface area (Å²) in [6, 6.07) is 4.73. The second kappa shape index (κ2) is 26.2. The van der Waals surface area contributed by atoms with Gasteiger partial charge in [-0.2, -0.15) is 0 Å². The highest BCUT2D eigenvalue weighted by Gasteiger charge is 2.44. The van der Waals surface area contributed by atoms with Gasteiger partial charge in [0.05, 0.1) is 36.6 Å². The number of methoxy groups -OCH3 is 2. The van der Waals surface area contributed by atoms with Gasteiger partial charge in [0.15, 0.2) is 0 Å². The van der Waals surface area contributed by atoms with E-state index in [4.69, 9.17) is 9.47 Å². The molecule has 0 bridgehead atoms. The lowest BCUT2D eigenvalue weighted by atomic mass is 9.89. The average Bonchev–Trinajstić information content (AvgIpc) is 3.83. The van der Waals surface area contributed by atoms with Crippen LogP contribution in [0.2, 0.25) is 0 Å². The number of hydrogen-bond donors (Lipinski definition) is 3. The van der Waals surface area contributed by atoms with Crippen molar-refractivity contribution in [3.63, 3.8) is 0 Å². The molecule has 372 valence electrons. The molecule has 0 aromatic heterocycles. The number of carbonyl (C=O) groups is 8. The van der Waals surface area contributed by atoms with E-state index in [2.05, 4.69) is 17.2 Å². The van der Waals surface area contributed by atoms with Gasteiger partial charge in [-0.1, -0.05) is 104 Å². The summed E-state index contributed by atoms with van der Waals surface area (Å²) < 4.78 is 11.9. The van der Waals surface area contributed by atoms with E-state index in [-0.39, 0.29) is 79.6 Å². The zero-order chi connectivity index (χ0) is 50.3. The van der Waals surface area contributed by atoms with Crippen LogP contribution in [0.3, 0.4) is 0 Å². The van der Waals surface area contributed by atoms with Gasteiger partial charge in [0.25, 0.3) is 11.8 Å². The van der Waals surface area contributed by atoms with Crippen molar-refractivity contribution >= 4 is 47.3 Å². The van der Waals surface area contributed by atoms with Crippen LogP contribution in [-0.4, -0.2) is 156 Å². The van der Waals surface area contributed by atoms with Crippen molar-refractivity contribution in [3.8, 4) is 0 Å². The van der Waals surface area contributed by atoms with E-state index in [1.54, 1.807) is 55.1 Å². The zero-order valence-corrected chi connectivity index (χ0v) is 41.5. The monoisotopic (exact) mass is 937 g/mol. The number of carbonyl (C=O) groups excluding carboxylic acids is 7. The molecular formula is C50H76N6O11. The van der Waals surface area contributed by atoms with Crippen molar-refractivity contribution in [3.05, 3.63) is 60.2 Å². The molecule has 7 amide bonds. The third-order valence-electron chi connectivity index (χ3n) is 13.3. The molecule has 1 aromatic rings. The topological polar surface area (TPSA) is 212 Å². The number of nitrogens with zero attached hydrogens (tertiary/aromatic N) is 4. The highest BCUT2D eigenvalue weighted by molar-refractivity contribution is 6.12. The van der Waals surface area contributed by atoms with Gasteiger partial charge in [-0.25, -0.2) is 4.79 Å². The molecule has 3 rings (SSSR count). The van der Waals surface area contributed by atoms with Crippen LogP contribution in [0.25, 0.3) is 0 Å². The van der Waals surface area contributed by atoms with Gasteiger partial charge < -0.3 is 39.9 Å². The standard InChI is InChI=1S/C50H76N6O11/c1-13-33(7)45(54(10)49(63)43(30(2)3)52-48(62)44(31(4)5)53(9)39(57)22-18-15-19-25-55-40(58)23-24-41(55)59)38(66-11)28-42(60)56-29-32(6)26-37(56)46(67-12)34(8)47(61)51-36(50(64)65)27-35-20-16-14-17-21-35/h14,16-17,20-21,23-24,30-31,33-34,36-38,43-46H,6,13,15,18-19,22,25-29H2,1-5,7-12H3,(H,51,61)(H,52,62)(H,64,65)/t33-,34+,36?,37-,38+,43-,44-,45-,46+/m0/s1. The number of amides is 7. The maximum absolute atomic E-state index is 14.6. The van der Waals surface area contributed by atoms with E-state index in [1.807, 2.05) is 47.6 Å². The van der Waals surface area contributed by atoms with E-state index in [1.165, 1.54) is 36.2 Å². The fraction of sp³-hybridized carbons (Fsp3) is 0.640. The first-order chi connectivity index (χ1) is 31.6. The number of imide groups is 1. The first-order valence-corrected chi connectivity index (χ1v) is 23.5. The van der Waals surface area contributed by atoms with Crippen molar-refractivity contribution < 1.29 is 52.9 Å². The predicted molar refractivity (Wildman–Crippen MR) is 253 cm³/mol. The van der Waals surface area contributed by atoms with Crippen molar-refractivity contribution in [1.82, 2.24) is 30.2 Å². The van der Waals surface area contributed by atoms with Gasteiger partial charge in [-0.3, -0.25) is 38.5 Å². The summed E-state index contributed by atoms with van der Waals surface area (Å²) in [7, 11) is 6.15. The second-order valence-electron chi connectivity index (χ2n) is 18.8. The second-order valence-corrected chi connectivity index (χ2v) is 18.8. The van der Waals surface area contributed by atoms with E-state index < -0.39 is 66.1 Å². The van der Waals surface area contributed by atoms with Crippen molar-refractivity contribution in [2.45, 2.75) is 142 Å². The summed E-state index contributed by atoms with van der Waals surface area (Å²) in [5.41, 5.74) is 1.51. The number of hydrogen-bond acceptors (Lipinski definition) is 10. The van der Waals surface area contributed by atoms with Crippen molar-refractivity contribution in [1.29, 1.82) is 0 Å². The molecule has 17 nitrogen and oxygen atoms in total. The Kier molecular flexibility index (Phi) is 21.9. The normalized spacial score (nSPS) is 18.6. The SMILES string of the molecule is C=C1C[C@@H]([C@H](OC)[C@@H](C)C(=O)NC(Cc2ccccc2)C(=O)O)N(C(=O)C[C@@H](OC)[C@H]([C@@H](C)CC)N(C)C(=O)[C@@H](NC(=O)[C@H](C(C)C)N(C)C(=O)CCCCCN2C(=O)C=CC2=O)C(C)C)C1. The van der Waals surface area contributed by atoms with E-state index in [9.17, 15) is 43.5 Å². The summed E-state index contributed by atoms with van der Waals surface area (Å²) in [4.78, 5) is 112. The quantitative estimate of drug-likeness (QED) is 0.0652. The number of unbranched alkanes of at least 4 members (excludes halogenated alkanes) is 2. The van der Waals surface area contributed by atoms with E-state index in [0.29, 0.717) is 32.1 Å². The fourth-order valence-corrected chi connectivity index (χ4v) is 9.21. The summed E-state index contributed by atoms with van der Waals surface area (Å²) in [5, 5.41) is 15.6. The minimum absolute atomic E-state index is 0.0856. The van der Waals surface area contributed by atoms with Crippen molar-refractivity contribution in [2.75, 3.05) is 41.4 Å². The Hall–Kier alpha value is -5.42. The Morgan fingerprint density at radius 2 is 1.48 bits per heavy atom. The van der Waals surface area contributed by atoms with Gasteiger partial charge in [-0.05, 0) is 42.6 Å². The van der Waals surface area contributed by atoms with Crippen LogP contribution in [0.1, 0.15) is 99.0 Å². The number of likely N-dealkylation sites (N-methyl/N-ethyl adjacent to an activating group) is 2. The molecule has 9 atom stereocenters. The molecule has 67 heavy (non-hydrogen) atoms. The van der Waals surface area contributed by atoms with Crippen LogP contribution >= 0.6 is 0 Å². The molecule has 2 aliphatic rings. The molecule has 1 aromatic carbocycles. The number of likely N-dealkylation sites (tertiary alicyclic amines) is 1. The molecular weight excluding hydrogens is 861 g/mol. The fourth-order valence-electron chi connectivity index (χ4n) is 9.21. The largest absolute Gasteiger partial charge is 0.480 e. The highest BCUT2D eigenvalue weighted by atomic mass is 16.5. The number of carboxylic acid groups (broad SMARTS) is 1. The summed E-state index contributed by atoms with van der Waals surface area (Å²) in [5.74, 6) is -5.49. The number of ether oxygens (including phenoxy) is 2. The molecule has 0 saturated carbocycles. The van der Waals surface area contributed by atoms with Gasteiger partial charge in [0, 0.05) is 66.4 Å². The molecule has 2 heterocycles. The highest BCUT2D eigenvalue weighted by Crippen LogP contribution is 2.31. The number of benzene rings is 1. The minimum Gasteiger partial charge on any atom is -0.480 e. The molecule has 3 N–H and O–H groups in total. The smallest absolute Gasteiger partial charge is 0.326 e. The van der Waals surface area contributed by atoms with Gasteiger partial charge in [0.1, 0.15) is 18.1 Å². The lowest BCUT2D eigenvalue weighted by molar-refractivity contribution is -0.149. The van der Waals surface area contributed by atoms with Crippen molar-refractivity contribution in [2.24, 2.45) is 23.7 Å². The predicted octanol–water partition coefficient (Wildman–Crippen LogP) is 3.99. The lowest BCUT2D eigenvalue weighted by Gasteiger charge is -2.41. The number of nitrogens with one attached hydrogen (secondary N) is 2. The van der Waals surface area contributed by atoms with Gasteiger partial charge in [-0.15, -0.1) is 0 Å². The first-order valence-electron chi connectivity index (χ1n) is 23.5. The molecule has 0 aliphatic carbocycles. The Bertz CT molecular complexity index is 1920. The zero-order valence-electron chi connectivity index (χ0n) is 41.5. The Morgan fingerprint density at radius 3 is 2.01 bits per heavy atom. The third-order valence-corrected chi connectivity index (χ3v) is 13.3. The van der Waals surface area contributed by atoms with Gasteiger partial charge in [0.2, 0.25) is 29.5 Å².